The third-order valence-electron chi connectivity index (χ3n) is 2.85. The summed E-state index contributed by atoms with van der Waals surface area (Å²) in [5.74, 6) is 0.585. The van der Waals surface area contributed by atoms with Crippen LogP contribution in [0.5, 0.6) is 0 Å². The summed E-state index contributed by atoms with van der Waals surface area (Å²) in [6, 6.07) is 8.07. The van der Waals surface area contributed by atoms with Gasteiger partial charge in [0.1, 0.15) is 5.82 Å². The van der Waals surface area contributed by atoms with Crippen LogP contribution in [0.15, 0.2) is 36.5 Å². The predicted octanol–water partition coefficient (Wildman–Crippen LogP) is 3.33. The predicted molar refractivity (Wildman–Crippen MR) is 76.4 cm³/mol. The molecule has 0 saturated heterocycles. The maximum absolute atomic E-state index is 11.5. The molecule has 20 heavy (non-hydrogen) atoms. The summed E-state index contributed by atoms with van der Waals surface area (Å²) in [4.78, 5) is 24.6. The molecule has 0 saturated carbocycles. The Morgan fingerprint density at radius 3 is 2.60 bits per heavy atom. The van der Waals surface area contributed by atoms with E-state index in [-0.39, 0.29) is 11.6 Å². The van der Waals surface area contributed by atoms with Gasteiger partial charge in [-0.05, 0) is 30.2 Å². The van der Waals surface area contributed by atoms with Crippen molar-refractivity contribution in [2.24, 2.45) is 0 Å². The number of hydrogen-bond acceptors (Lipinski definition) is 3. The number of aromatic amines is 1. The zero-order valence-electron chi connectivity index (χ0n) is 11.1. The highest BCUT2D eigenvalue weighted by atomic mass is 16.6. The maximum Gasteiger partial charge on any atom is 0.269 e. The number of rotatable bonds is 5. The Bertz CT molecular complexity index is 617. The van der Waals surface area contributed by atoms with Crippen LogP contribution in [-0.4, -0.2) is 15.8 Å². The number of carbonyl (C=O) groups excluding carboxylic acids is 1. The Labute approximate surface area is 116 Å². The molecule has 2 rings (SSSR count). The summed E-state index contributed by atoms with van der Waals surface area (Å²) >= 11 is 0. The van der Waals surface area contributed by atoms with Gasteiger partial charge in [0.15, 0.2) is 0 Å². The van der Waals surface area contributed by atoms with Crippen molar-refractivity contribution in [3.63, 3.8) is 0 Å². The normalized spacial score (nSPS) is 10.2. The van der Waals surface area contributed by atoms with E-state index in [1.165, 1.54) is 12.1 Å². The molecule has 0 aliphatic rings. The van der Waals surface area contributed by atoms with Crippen molar-refractivity contribution in [3.8, 4) is 11.1 Å². The van der Waals surface area contributed by atoms with Crippen molar-refractivity contribution in [2.75, 3.05) is 5.32 Å². The van der Waals surface area contributed by atoms with Crippen LogP contribution in [0.3, 0.4) is 0 Å². The standard InChI is InChI=1S/C14H15N3O3/c1-2-3-14(18)16-13-8-11(9-15-13)10-4-6-12(7-5-10)17(19)20/h4-9,15H,2-3H2,1H3,(H,16,18). The van der Waals surface area contributed by atoms with Gasteiger partial charge in [-0.3, -0.25) is 14.9 Å². The first-order chi connectivity index (χ1) is 9.60. The fraction of sp³-hybridized carbons (Fsp3) is 0.214. The second-order valence-corrected chi connectivity index (χ2v) is 4.40. The zero-order chi connectivity index (χ0) is 14.5. The monoisotopic (exact) mass is 273 g/mol. The summed E-state index contributed by atoms with van der Waals surface area (Å²) in [5, 5.41) is 13.3. The van der Waals surface area contributed by atoms with Crippen molar-refractivity contribution in [1.82, 2.24) is 4.98 Å². The van der Waals surface area contributed by atoms with E-state index >= 15 is 0 Å². The molecule has 2 aromatic rings. The van der Waals surface area contributed by atoms with Crippen LogP contribution >= 0.6 is 0 Å². The molecule has 0 aliphatic heterocycles. The lowest BCUT2D eigenvalue weighted by molar-refractivity contribution is -0.384. The molecule has 0 aliphatic carbocycles. The van der Waals surface area contributed by atoms with Crippen LogP contribution in [0.25, 0.3) is 11.1 Å². The highest BCUT2D eigenvalue weighted by molar-refractivity contribution is 5.90. The fourth-order valence-electron chi connectivity index (χ4n) is 1.85. The lowest BCUT2D eigenvalue weighted by Gasteiger charge is -2.00. The van der Waals surface area contributed by atoms with E-state index in [0.717, 1.165) is 17.5 Å². The van der Waals surface area contributed by atoms with Gasteiger partial charge in [0, 0.05) is 30.3 Å². The number of nitrogens with zero attached hydrogens (tertiary/aromatic N) is 1. The number of H-pyrrole nitrogens is 1. The lowest BCUT2D eigenvalue weighted by atomic mass is 10.1. The van der Waals surface area contributed by atoms with Gasteiger partial charge >= 0.3 is 0 Å². The number of carbonyl (C=O) groups is 1. The summed E-state index contributed by atoms with van der Waals surface area (Å²) < 4.78 is 0. The van der Waals surface area contributed by atoms with E-state index in [0.29, 0.717) is 12.2 Å². The number of amides is 1. The van der Waals surface area contributed by atoms with E-state index in [1.54, 1.807) is 24.4 Å². The van der Waals surface area contributed by atoms with Gasteiger partial charge in [-0.25, -0.2) is 0 Å². The van der Waals surface area contributed by atoms with Gasteiger partial charge in [0.25, 0.3) is 5.69 Å². The molecule has 0 fully saturated rings. The Morgan fingerprint density at radius 2 is 2.00 bits per heavy atom. The number of nitrogens with one attached hydrogen (secondary N) is 2. The largest absolute Gasteiger partial charge is 0.348 e. The van der Waals surface area contributed by atoms with Crippen molar-refractivity contribution >= 4 is 17.4 Å². The molecule has 0 atom stereocenters. The highest BCUT2D eigenvalue weighted by Gasteiger charge is 2.08. The Hall–Kier alpha value is -2.63. The quantitative estimate of drug-likeness (QED) is 0.647. The zero-order valence-corrected chi connectivity index (χ0v) is 11.1. The minimum absolute atomic E-state index is 0.0374. The van der Waals surface area contributed by atoms with E-state index < -0.39 is 4.92 Å². The first-order valence-electron chi connectivity index (χ1n) is 6.33. The number of nitro groups is 1. The van der Waals surface area contributed by atoms with E-state index in [2.05, 4.69) is 10.3 Å². The molecule has 1 amide bonds. The van der Waals surface area contributed by atoms with Gasteiger partial charge in [0.2, 0.25) is 5.91 Å². The molecule has 1 aromatic carbocycles. The molecule has 0 radical (unpaired) electrons. The second kappa shape index (κ2) is 6.01. The van der Waals surface area contributed by atoms with Crippen LogP contribution in [0.2, 0.25) is 0 Å². The molecular formula is C14H15N3O3. The molecule has 6 nitrogen and oxygen atoms in total. The first-order valence-corrected chi connectivity index (χ1v) is 6.33. The SMILES string of the molecule is CCCC(=O)Nc1cc(-c2ccc([N+](=O)[O-])cc2)c[nH]1. The number of hydrogen-bond donors (Lipinski definition) is 2. The fourth-order valence-corrected chi connectivity index (χ4v) is 1.85. The first kappa shape index (κ1) is 13.8. The maximum atomic E-state index is 11.5. The molecule has 1 aromatic heterocycles. The average Bonchev–Trinajstić information content (AvgIpc) is 2.87. The van der Waals surface area contributed by atoms with Gasteiger partial charge in [-0.15, -0.1) is 0 Å². The minimum Gasteiger partial charge on any atom is -0.348 e. The summed E-state index contributed by atoms with van der Waals surface area (Å²) in [6.07, 6.45) is 3.02. The number of non-ortho nitro benzene ring substituents is 1. The Balaban J connectivity index is 2.12. The molecule has 6 heteroatoms. The van der Waals surface area contributed by atoms with E-state index in [1.807, 2.05) is 6.92 Å². The highest BCUT2D eigenvalue weighted by Crippen LogP contribution is 2.24. The van der Waals surface area contributed by atoms with Crippen LogP contribution < -0.4 is 5.32 Å². The van der Waals surface area contributed by atoms with E-state index in [4.69, 9.17) is 0 Å². The minimum atomic E-state index is -0.433. The number of anilines is 1. The second-order valence-electron chi connectivity index (χ2n) is 4.40. The summed E-state index contributed by atoms with van der Waals surface area (Å²) in [7, 11) is 0. The van der Waals surface area contributed by atoms with Crippen LogP contribution in [0, 0.1) is 10.1 Å². The molecule has 0 spiro atoms. The smallest absolute Gasteiger partial charge is 0.269 e. The summed E-state index contributed by atoms with van der Waals surface area (Å²) in [5.41, 5.74) is 1.77. The number of aromatic nitrogens is 1. The number of nitro benzene ring substituents is 1. The Morgan fingerprint density at radius 1 is 1.30 bits per heavy atom. The van der Waals surface area contributed by atoms with Gasteiger partial charge in [0.05, 0.1) is 4.92 Å². The third-order valence-corrected chi connectivity index (χ3v) is 2.85. The van der Waals surface area contributed by atoms with Gasteiger partial charge in [-0.2, -0.15) is 0 Å². The van der Waals surface area contributed by atoms with Crippen molar-refractivity contribution in [3.05, 3.63) is 46.6 Å². The van der Waals surface area contributed by atoms with Gasteiger partial charge in [-0.1, -0.05) is 6.92 Å². The van der Waals surface area contributed by atoms with Crippen LogP contribution in [0.4, 0.5) is 11.5 Å². The molecule has 0 unspecified atom stereocenters. The van der Waals surface area contributed by atoms with Gasteiger partial charge < -0.3 is 10.3 Å². The topological polar surface area (TPSA) is 88.0 Å². The van der Waals surface area contributed by atoms with Crippen molar-refractivity contribution in [2.45, 2.75) is 19.8 Å². The third kappa shape index (κ3) is 3.23. The molecule has 0 bridgehead atoms. The average molecular weight is 273 g/mol. The van der Waals surface area contributed by atoms with E-state index in [9.17, 15) is 14.9 Å². The molecule has 104 valence electrons. The molecule has 1 heterocycles. The number of benzene rings is 1. The van der Waals surface area contributed by atoms with Crippen LogP contribution in [0.1, 0.15) is 19.8 Å². The Kier molecular flexibility index (Phi) is 4.14. The summed E-state index contributed by atoms with van der Waals surface area (Å²) in [6.45, 7) is 1.94. The lowest BCUT2D eigenvalue weighted by Crippen LogP contribution is -2.10. The van der Waals surface area contributed by atoms with Crippen molar-refractivity contribution < 1.29 is 9.72 Å². The van der Waals surface area contributed by atoms with Crippen LogP contribution in [-0.2, 0) is 4.79 Å². The van der Waals surface area contributed by atoms with Crippen molar-refractivity contribution in [1.29, 1.82) is 0 Å². The molecular weight excluding hydrogens is 258 g/mol. The molecule has 2 N–H and O–H groups in total.